The van der Waals surface area contributed by atoms with E-state index in [1.54, 1.807) is 13.8 Å². The summed E-state index contributed by atoms with van der Waals surface area (Å²) in [7, 11) is 0. The van der Waals surface area contributed by atoms with Gasteiger partial charge in [0.15, 0.2) is 0 Å². The molecule has 2 fully saturated rings. The van der Waals surface area contributed by atoms with Gasteiger partial charge in [0.1, 0.15) is 5.54 Å². The highest BCUT2D eigenvalue weighted by Gasteiger charge is 2.38. The summed E-state index contributed by atoms with van der Waals surface area (Å²) in [6.07, 6.45) is 2.89. The minimum atomic E-state index is -0.734. The maximum Gasteiger partial charge on any atom is 0.247 e. The molecule has 2 rings (SSSR count). The Morgan fingerprint density at radius 1 is 1.40 bits per heavy atom. The van der Waals surface area contributed by atoms with Gasteiger partial charge >= 0.3 is 0 Å². The molecule has 2 aliphatic rings. The zero-order valence-corrected chi connectivity index (χ0v) is 9.38. The molecule has 0 unspecified atom stereocenters. The van der Waals surface area contributed by atoms with Crippen molar-refractivity contribution < 1.29 is 9.59 Å². The SMILES string of the molecule is CC1(C)NC(=O)CCN(CC2CC2)C1=O. The van der Waals surface area contributed by atoms with E-state index in [0.29, 0.717) is 18.9 Å². The first-order valence-corrected chi connectivity index (χ1v) is 5.59. The molecule has 4 heteroatoms. The lowest BCUT2D eigenvalue weighted by atomic mass is 10.0. The number of nitrogens with zero attached hydrogens (tertiary/aromatic N) is 1. The molecule has 1 heterocycles. The van der Waals surface area contributed by atoms with Gasteiger partial charge < -0.3 is 10.2 Å². The summed E-state index contributed by atoms with van der Waals surface area (Å²) in [5.74, 6) is 0.713. The van der Waals surface area contributed by atoms with E-state index in [2.05, 4.69) is 5.32 Å². The smallest absolute Gasteiger partial charge is 0.247 e. The molecule has 0 radical (unpaired) electrons. The molecular weight excluding hydrogens is 192 g/mol. The van der Waals surface area contributed by atoms with Crippen molar-refractivity contribution in [3.05, 3.63) is 0 Å². The van der Waals surface area contributed by atoms with E-state index in [0.717, 1.165) is 6.54 Å². The van der Waals surface area contributed by atoms with Crippen molar-refractivity contribution in [2.24, 2.45) is 5.92 Å². The monoisotopic (exact) mass is 210 g/mol. The number of amides is 2. The Bertz CT molecular complexity index is 295. The van der Waals surface area contributed by atoms with Crippen molar-refractivity contribution in [2.45, 2.75) is 38.6 Å². The second-order valence-electron chi connectivity index (χ2n) is 5.12. The molecule has 15 heavy (non-hydrogen) atoms. The maximum atomic E-state index is 12.1. The average molecular weight is 210 g/mol. The molecule has 0 aromatic carbocycles. The van der Waals surface area contributed by atoms with Crippen LogP contribution in [-0.4, -0.2) is 35.3 Å². The standard InChI is InChI=1S/C11H18N2O2/c1-11(2)10(15)13(7-8-3-4-8)6-5-9(14)12-11/h8H,3-7H2,1-2H3,(H,12,14). The van der Waals surface area contributed by atoms with Crippen LogP contribution in [0.2, 0.25) is 0 Å². The van der Waals surface area contributed by atoms with Gasteiger partial charge in [0.05, 0.1) is 0 Å². The van der Waals surface area contributed by atoms with Crippen LogP contribution in [0.25, 0.3) is 0 Å². The first kappa shape index (κ1) is 10.5. The predicted molar refractivity (Wildman–Crippen MR) is 56.1 cm³/mol. The lowest BCUT2D eigenvalue weighted by Gasteiger charge is -2.28. The molecule has 0 spiro atoms. The minimum Gasteiger partial charge on any atom is -0.342 e. The van der Waals surface area contributed by atoms with Crippen LogP contribution in [0, 0.1) is 5.92 Å². The van der Waals surface area contributed by atoms with E-state index >= 15 is 0 Å². The van der Waals surface area contributed by atoms with Gasteiger partial charge in [-0.05, 0) is 32.6 Å². The molecule has 2 amide bonds. The van der Waals surface area contributed by atoms with Gasteiger partial charge in [0.2, 0.25) is 11.8 Å². The van der Waals surface area contributed by atoms with E-state index in [-0.39, 0.29) is 11.8 Å². The van der Waals surface area contributed by atoms with E-state index in [1.165, 1.54) is 12.8 Å². The van der Waals surface area contributed by atoms with Gasteiger partial charge in [-0.15, -0.1) is 0 Å². The van der Waals surface area contributed by atoms with Gasteiger partial charge in [-0.25, -0.2) is 0 Å². The highest BCUT2D eigenvalue weighted by molar-refractivity contribution is 5.92. The molecule has 0 aromatic heterocycles. The fraction of sp³-hybridized carbons (Fsp3) is 0.818. The zero-order valence-electron chi connectivity index (χ0n) is 9.38. The molecule has 4 nitrogen and oxygen atoms in total. The number of hydrogen-bond acceptors (Lipinski definition) is 2. The normalized spacial score (nSPS) is 26.1. The first-order chi connectivity index (χ1) is 6.99. The molecule has 84 valence electrons. The molecule has 1 aliphatic heterocycles. The molecule has 0 atom stereocenters. The summed E-state index contributed by atoms with van der Waals surface area (Å²) < 4.78 is 0. The fourth-order valence-corrected chi connectivity index (χ4v) is 1.98. The number of nitrogens with one attached hydrogen (secondary N) is 1. The Morgan fingerprint density at radius 3 is 2.67 bits per heavy atom. The second kappa shape index (κ2) is 3.51. The second-order valence-corrected chi connectivity index (χ2v) is 5.12. The van der Waals surface area contributed by atoms with Crippen LogP contribution < -0.4 is 5.32 Å². The van der Waals surface area contributed by atoms with Crippen LogP contribution in [0.1, 0.15) is 33.1 Å². The van der Waals surface area contributed by atoms with Crippen molar-refractivity contribution in [2.75, 3.05) is 13.1 Å². The number of carbonyl (C=O) groups excluding carboxylic acids is 2. The summed E-state index contributed by atoms with van der Waals surface area (Å²) in [5.41, 5.74) is -0.734. The lowest BCUT2D eigenvalue weighted by Crippen LogP contribution is -2.53. The molecule has 1 saturated carbocycles. The third-order valence-corrected chi connectivity index (χ3v) is 3.06. The highest BCUT2D eigenvalue weighted by Crippen LogP contribution is 2.30. The molecular formula is C11H18N2O2. The zero-order chi connectivity index (χ0) is 11.1. The molecule has 1 N–H and O–H groups in total. The van der Waals surface area contributed by atoms with Crippen LogP contribution in [0.15, 0.2) is 0 Å². The summed E-state index contributed by atoms with van der Waals surface area (Å²) >= 11 is 0. The molecule has 0 bridgehead atoms. The van der Waals surface area contributed by atoms with Crippen molar-refractivity contribution >= 4 is 11.8 Å². The Balaban J connectivity index is 2.09. The van der Waals surface area contributed by atoms with Gasteiger partial charge in [-0.2, -0.15) is 0 Å². The van der Waals surface area contributed by atoms with Gasteiger partial charge in [-0.3, -0.25) is 9.59 Å². The third-order valence-electron chi connectivity index (χ3n) is 3.06. The molecule has 0 aromatic rings. The summed E-state index contributed by atoms with van der Waals surface area (Å²) in [4.78, 5) is 25.3. The highest BCUT2D eigenvalue weighted by atomic mass is 16.2. The van der Waals surface area contributed by atoms with Crippen LogP contribution in [0.3, 0.4) is 0 Å². The van der Waals surface area contributed by atoms with Crippen LogP contribution in [0.5, 0.6) is 0 Å². The Morgan fingerprint density at radius 2 is 2.07 bits per heavy atom. The maximum absolute atomic E-state index is 12.1. The average Bonchev–Trinajstić information content (AvgIpc) is 2.93. The number of carbonyl (C=O) groups is 2. The summed E-state index contributed by atoms with van der Waals surface area (Å²) in [6, 6.07) is 0. The van der Waals surface area contributed by atoms with E-state index in [9.17, 15) is 9.59 Å². The first-order valence-electron chi connectivity index (χ1n) is 5.59. The number of rotatable bonds is 2. The van der Waals surface area contributed by atoms with E-state index < -0.39 is 5.54 Å². The fourth-order valence-electron chi connectivity index (χ4n) is 1.98. The van der Waals surface area contributed by atoms with Crippen LogP contribution in [0.4, 0.5) is 0 Å². The van der Waals surface area contributed by atoms with E-state index in [4.69, 9.17) is 0 Å². The number of hydrogen-bond donors (Lipinski definition) is 1. The molecule has 1 saturated heterocycles. The van der Waals surface area contributed by atoms with Crippen LogP contribution in [-0.2, 0) is 9.59 Å². The van der Waals surface area contributed by atoms with Crippen molar-refractivity contribution in [1.29, 1.82) is 0 Å². The summed E-state index contributed by atoms with van der Waals surface area (Å²) in [6.45, 7) is 4.96. The van der Waals surface area contributed by atoms with Crippen molar-refractivity contribution in [3.63, 3.8) is 0 Å². The predicted octanol–water partition coefficient (Wildman–Crippen LogP) is 0.523. The topological polar surface area (TPSA) is 49.4 Å². The quantitative estimate of drug-likeness (QED) is 0.722. The molecule has 1 aliphatic carbocycles. The minimum absolute atomic E-state index is 0.0216. The van der Waals surface area contributed by atoms with Crippen LogP contribution >= 0.6 is 0 Å². The summed E-state index contributed by atoms with van der Waals surface area (Å²) in [5, 5.41) is 2.76. The Hall–Kier alpha value is -1.06. The lowest BCUT2D eigenvalue weighted by molar-refractivity contribution is -0.137. The van der Waals surface area contributed by atoms with E-state index in [1.807, 2.05) is 4.90 Å². The van der Waals surface area contributed by atoms with Gasteiger partial charge in [-0.1, -0.05) is 0 Å². The largest absolute Gasteiger partial charge is 0.342 e. The Kier molecular flexibility index (Phi) is 2.44. The van der Waals surface area contributed by atoms with Gasteiger partial charge in [0, 0.05) is 19.5 Å². The third kappa shape index (κ3) is 2.30. The van der Waals surface area contributed by atoms with Crippen molar-refractivity contribution in [1.82, 2.24) is 10.2 Å². The van der Waals surface area contributed by atoms with Gasteiger partial charge in [0.25, 0.3) is 0 Å². The van der Waals surface area contributed by atoms with Crippen molar-refractivity contribution in [3.8, 4) is 0 Å². The Labute approximate surface area is 90.0 Å².